The Bertz CT molecular complexity index is 802. The molecule has 124 valence electrons. The summed E-state index contributed by atoms with van der Waals surface area (Å²) in [5, 5.41) is 9.47. The zero-order chi connectivity index (χ0) is 17.2. The molecule has 0 aliphatic carbocycles. The van der Waals surface area contributed by atoms with Gasteiger partial charge in [-0.15, -0.1) is 10.2 Å². The van der Waals surface area contributed by atoms with Gasteiger partial charge in [0.05, 0.1) is 0 Å². The third-order valence-corrected chi connectivity index (χ3v) is 5.01. The molecule has 3 aromatic rings. The molecule has 0 fully saturated rings. The number of benzene rings is 1. The molecule has 4 nitrogen and oxygen atoms in total. The molecule has 0 N–H and O–H groups in total. The Labute approximate surface area is 147 Å². The van der Waals surface area contributed by atoms with Gasteiger partial charge in [0.15, 0.2) is 11.0 Å². The van der Waals surface area contributed by atoms with Crippen molar-refractivity contribution in [2.24, 2.45) is 7.05 Å². The van der Waals surface area contributed by atoms with Crippen molar-refractivity contribution in [2.45, 2.75) is 37.1 Å². The van der Waals surface area contributed by atoms with Crippen molar-refractivity contribution in [3.8, 4) is 11.5 Å². The fourth-order valence-corrected chi connectivity index (χ4v) is 3.27. The summed E-state index contributed by atoms with van der Waals surface area (Å²) in [6, 6.07) is 14.6. The molecule has 1 aromatic carbocycles. The number of aromatic nitrogens is 4. The topological polar surface area (TPSA) is 43.6 Å². The maximum atomic E-state index is 4.34. The van der Waals surface area contributed by atoms with Gasteiger partial charge in [-0.05, 0) is 28.7 Å². The average molecular weight is 338 g/mol. The molecule has 0 saturated heterocycles. The van der Waals surface area contributed by atoms with Crippen LogP contribution >= 0.6 is 11.8 Å². The third-order valence-electron chi connectivity index (χ3n) is 3.92. The van der Waals surface area contributed by atoms with Gasteiger partial charge < -0.3 is 4.57 Å². The van der Waals surface area contributed by atoms with Crippen LogP contribution in [-0.2, 0) is 18.2 Å². The first kappa shape index (κ1) is 16.7. The second-order valence-electron chi connectivity index (χ2n) is 6.82. The minimum absolute atomic E-state index is 0.187. The van der Waals surface area contributed by atoms with E-state index in [1.807, 2.05) is 29.8 Å². The number of rotatable bonds is 4. The Morgan fingerprint density at radius 1 is 1.00 bits per heavy atom. The number of hydrogen-bond donors (Lipinski definition) is 0. The van der Waals surface area contributed by atoms with Gasteiger partial charge in [0.2, 0.25) is 0 Å². The van der Waals surface area contributed by atoms with Gasteiger partial charge in [0.25, 0.3) is 0 Å². The molecule has 24 heavy (non-hydrogen) atoms. The van der Waals surface area contributed by atoms with E-state index in [0.717, 1.165) is 22.4 Å². The largest absolute Gasteiger partial charge is 0.304 e. The van der Waals surface area contributed by atoms with Crippen LogP contribution in [0.2, 0.25) is 0 Å². The van der Waals surface area contributed by atoms with E-state index in [9.17, 15) is 0 Å². The zero-order valence-corrected chi connectivity index (χ0v) is 15.3. The monoisotopic (exact) mass is 338 g/mol. The summed E-state index contributed by atoms with van der Waals surface area (Å²) in [5.41, 5.74) is 3.67. The number of thioether (sulfide) groups is 1. The van der Waals surface area contributed by atoms with Gasteiger partial charge in [-0.3, -0.25) is 4.98 Å². The molecule has 0 radical (unpaired) electrons. The lowest BCUT2D eigenvalue weighted by molar-refractivity contribution is 0.590. The molecular weight excluding hydrogens is 316 g/mol. The van der Waals surface area contributed by atoms with Crippen LogP contribution in [0.3, 0.4) is 0 Å². The lowest BCUT2D eigenvalue weighted by Gasteiger charge is -2.19. The van der Waals surface area contributed by atoms with Crippen molar-refractivity contribution < 1.29 is 0 Å². The predicted molar refractivity (Wildman–Crippen MR) is 98.9 cm³/mol. The minimum atomic E-state index is 0.187. The van der Waals surface area contributed by atoms with Crippen LogP contribution in [0.25, 0.3) is 11.5 Å². The smallest absolute Gasteiger partial charge is 0.191 e. The van der Waals surface area contributed by atoms with Gasteiger partial charge in [-0.25, -0.2) is 0 Å². The summed E-state index contributed by atoms with van der Waals surface area (Å²) in [5.74, 6) is 1.67. The van der Waals surface area contributed by atoms with Crippen molar-refractivity contribution in [3.05, 3.63) is 59.8 Å². The summed E-state index contributed by atoms with van der Waals surface area (Å²) in [7, 11) is 1.98. The van der Waals surface area contributed by atoms with Crippen LogP contribution in [0, 0.1) is 0 Å². The Balaban J connectivity index is 1.71. The third kappa shape index (κ3) is 3.67. The maximum Gasteiger partial charge on any atom is 0.191 e. The Kier molecular flexibility index (Phi) is 4.71. The fourth-order valence-electron chi connectivity index (χ4n) is 2.41. The summed E-state index contributed by atoms with van der Waals surface area (Å²) >= 11 is 1.69. The highest BCUT2D eigenvalue weighted by Gasteiger charge is 2.14. The number of pyridine rings is 1. The molecular formula is C19H22N4S. The first-order valence-corrected chi connectivity index (χ1v) is 8.97. The van der Waals surface area contributed by atoms with Crippen LogP contribution in [0.1, 0.15) is 31.9 Å². The summed E-state index contributed by atoms with van der Waals surface area (Å²) in [6.45, 7) is 6.69. The zero-order valence-electron chi connectivity index (χ0n) is 14.5. The predicted octanol–water partition coefficient (Wildman–Crippen LogP) is 4.47. The molecule has 0 bridgehead atoms. The van der Waals surface area contributed by atoms with Crippen LogP contribution < -0.4 is 0 Å². The fraction of sp³-hybridized carbons (Fsp3) is 0.316. The highest BCUT2D eigenvalue weighted by atomic mass is 32.2. The van der Waals surface area contributed by atoms with Gasteiger partial charge in [-0.1, -0.05) is 62.9 Å². The van der Waals surface area contributed by atoms with E-state index in [0.29, 0.717) is 0 Å². The van der Waals surface area contributed by atoms with Crippen molar-refractivity contribution in [3.63, 3.8) is 0 Å². The van der Waals surface area contributed by atoms with Crippen LogP contribution in [0.15, 0.2) is 53.8 Å². The van der Waals surface area contributed by atoms with Crippen LogP contribution in [0.5, 0.6) is 0 Å². The summed E-state index contributed by atoms with van der Waals surface area (Å²) in [4.78, 5) is 4.34. The Morgan fingerprint density at radius 2 is 1.75 bits per heavy atom. The lowest BCUT2D eigenvalue weighted by Crippen LogP contribution is -2.10. The summed E-state index contributed by atoms with van der Waals surface area (Å²) in [6.07, 6.45) is 1.77. The highest BCUT2D eigenvalue weighted by Crippen LogP contribution is 2.26. The highest BCUT2D eigenvalue weighted by molar-refractivity contribution is 7.98. The molecule has 2 heterocycles. The number of nitrogens with zero attached hydrogens (tertiary/aromatic N) is 4. The molecule has 0 aliphatic rings. The first-order chi connectivity index (χ1) is 11.4. The standard InChI is InChI=1S/C19H22N4S/c1-19(2,3)15-10-8-14(9-11-15)13-24-18-22-21-17(23(18)4)16-7-5-6-12-20-16/h5-12H,13H2,1-4H3. The molecule has 5 heteroatoms. The molecule has 0 aliphatic heterocycles. The van der Waals surface area contributed by atoms with E-state index >= 15 is 0 Å². The van der Waals surface area contributed by atoms with Gasteiger partial charge in [-0.2, -0.15) is 0 Å². The van der Waals surface area contributed by atoms with E-state index in [1.54, 1.807) is 18.0 Å². The van der Waals surface area contributed by atoms with Gasteiger partial charge in [0, 0.05) is 19.0 Å². The second-order valence-corrected chi connectivity index (χ2v) is 7.76. The molecule has 0 amide bonds. The lowest BCUT2D eigenvalue weighted by atomic mass is 9.87. The normalized spacial score (nSPS) is 11.7. The van der Waals surface area contributed by atoms with Crippen molar-refractivity contribution >= 4 is 11.8 Å². The molecule has 2 aromatic heterocycles. The van der Waals surface area contributed by atoms with Crippen molar-refractivity contribution in [1.82, 2.24) is 19.7 Å². The minimum Gasteiger partial charge on any atom is -0.304 e. The quantitative estimate of drug-likeness (QED) is 0.659. The van der Waals surface area contributed by atoms with E-state index in [-0.39, 0.29) is 5.41 Å². The van der Waals surface area contributed by atoms with Crippen molar-refractivity contribution in [1.29, 1.82) is 0 Å². The molecule has 0 spiro atoms. The summed E-state index contributed by atoms with van der Waals surface area (Å²) < 4.78 is 2.00. The SMILES string of the molecule is Cn1c(SCc2ccc(C(C)(C)C)cc2)nnc1-c1ccccn1. The van der Waals surface area contributed by atoms with E-state index in [2.05, 4.69) is 60.2 Å². The molecule has 3 rings (SSSR count). The number of hydrogen-bond acceptors (Lipinski definition) is 4. The van der Waals surface area contributed by atoms with Crippen LogP contribution in [0.4, 0.5) is 0 Å². The Hall–Kier alpha value is -2.14. The first-order valence-electron chi connectivity index (χ1n) is 7.98. The van der Waals surface area contributed by atoms with Crippen LogP contribution in [-0.4, -0.2) is 19.7 Å². The molecule has 0 unspecified atom stereocenters. The molecule has 0 saturated carbocycles. The van der Waals surface area contributed by atoms with E-state index in [4.69, 9.17) is 0 Å². The van der Waals surface area contributed by atoms with E-state index in [1.165, 1.54) is 11.1 Å². The van der Waals surface area contributed by atoms with Gasteiger partial charge >= 0.3 is 0 Å². The van der Waals surface area contributed by atoms with Crippen molar-refractivity contribution in [2.75, 3.05) is 0 Å². The van der Waals surface area contributed by atoms with Gasteiger partial charge in [0.1, 0.15) is 5.69 Å². The maximum absolute atomic E-state index is 4.34. The average Bonchev–Trinajstić information content (AvgIpc) is 2.94. The van der Waals surface area contributed by atoms with E-state index < -0.39 is 0 Å². The Morgan fingerprint density at radius 3 is 2.38 bits per heavy atom. The molecule has 0 atom stereocenters. The second kappa shape index (κ2) is 6.77.